The van der Waals surface area contributed by atoms with E-state index in [2.05, 4.69) is 36.2 Å². The van der Waals surface area contributed by atoms with Gasteiger partial charge in [0.1, 0.15) is 11.6 Å². The lowest BCUT2D eigenvalue weighted by Crippen LogP contribution is -1.97. The molecule has 0 aliphatic heterocycles. The summed E-state index contributed by atoms with van der Waals surface area (Å²) in [5.74, 6) is 1.50. The summed E-state index contributed by atoms with van der Waals surface area (Å²) in [6.07, 6.45) is 3.48. The Hall–Kier alpha value is -2.53. The number of hydrogen-bond acceptors (Lipinski definition) is 4. The summed E-state index contributed by atoms with van der Waals surface area (Å²) in [6, 6.07) is 19.2. The van der Waals surface area contributed by atoms with Gasteiger partial charge in [0.25, 0.3) is 0 Å². The van der Waals surface area contributed by atoms with E-state index in [1.807, 2.05) is 60.7 Å². The fourth-order valence-corrected chi connectivity index (χ4v) is 2.09. The van der Waals surface area contributed by atoms with Gasteiger partial charge in [-0.3, -0.25) is 4.99 Å². The number of halogens is 1. The zero-order valence-electron chi connectivity index (χ0n) is 11.6. The van der Waals surface area contributed by atoms with Crippen LogP contribution in [0.3, 0.4) is 0 Å². The quantitative estimate of drug-likeness (QED) is 0.690. The largest absolute Gasteiger partial charge is 0.325 e. The molecule has 0 bridgehead atoms. The fraction of sp³-hybridized carbons (Fsp3) is 0. The highest BCUT2D eigenvalue weighted by atomic mass is 79.9. The summed E-state index contributed by atoms with van der Waals surface area (Å²) in [6.45, 7) is 0. The van der Waals surface area contributed by atoms with Crippen LogP contribution in [0.5, 0.6) is 0 Å². The van der Waals surface area contributed by atoms with Crippen molar-refractivity contribution in [3.05, 3.63) is 77.0 Å². The Kier molecular flexibility index (Phi) is 4.56. The number of pyridine rings is 2. The second kappa shape index (κ2) is 6.95. The van der Waals surface area contributed by atoms with Crippen molar-refractivity contribution in [2.24, 2.45) is 4.99 Å². The molecule has 0 saturated carbocycles. The summed E-state index contributed by atoms with van der Waals surface area (Å²) in [5, 5.41) is 3.16. The molecule has 5 heteroatoms. The lowest BCUT2D eigenvalue weighted by molar-refractivity contribution is 1.24. The molecule has 22 heavy (non-hydrogen) atoms. The third kappa shape index (κ3) is 3.99. The highest BCUT2D eigenvalue weighted by molar-refractivity contribution is 9.10. The molecule has 0 aliphatic carbocycles. The second-order valence-corrected chi connectivity index (χ2v) is 5.44. The number of anilines is 2. The topological polar surface area (TPSA) is 50.2 Å². The molecule has 0 aliphatic rings. The average molecular weight is 353 g/mol. The van der Waals surface area contributed by atoms with Gasteiger partial charge in [-0.25, -0.2) is 9.97 Å². The van der Waals surface area contributed by atoms with E-state index in [0.29, 0.717) is 0 Å². The summed E-state index contributed by atoms with van der Waals surface area (Å²) < 4.78 is 1.03. The SMILES string of the molecule is Brc1ccc(/N=C/c2cccc(Nc3ccccn3)n2)cc1. The van der Waals surface area contributed by atoms with Crippen molar-refractivity contribution in [3.8, 4) is 0 Å². The molecule has 0 fully saturated rings. The number of aromatic nitrogens is 2. The van der Waals surface area contributed by atoms with Gasteiger partial charge in [-0.15, -0.1) is 0 Å². The third-order valence-electron chi connectivity index (χ3n) is 2.86. The van der Waals surface area contributed by atoms with Crippen molar-refractivity contribution in [1.29, 1.82) is 0 Å². The molecule has 1 aromatic carbocycles. The Morgan fingerprint density at radius 1 is 0.909 bits per heavy atom. The average Bonchev–Trinajstić information content (AvgIpc) is 2.56. The van der Waals surface area contributed by atoms with Gasteiger partial charge in [-0.05, 0) is 48.5 Å². The second-order valence-electron chi connectivity index (χ2n) is 4.52. The summed E-state index contributed by atoms with van der Waals surface area (Å²) >= 11 is 3.40. The lowest BCUT2D eigenvalue weighted by atomic mass is 10.3. The molecule has 4 nitrogen and oxygen atoms in total. The molecule has 2 heterocycles. The van der Waals surface area contributed by atoms with Crippen molar-refractivity contribution in [2.75, 3.05) is 5.32 Å². The fourth-order valence-electron chi connectivity index (χ4n) is 1.83. The maximum Gasteiger partial charge on any atom is 0.132 e. The van der Waals surface area contributed by atoms with Gasteiger partial charge in [-0.1, -0.05) is 28.1 Å². The molecule has 0 unspecified atom stereocenters. The van der Waals surface area contributed by atoms with E-state index >= 15 is 0 Å². The zero-order valence-corrected chi connectivity index (χ0v) is 13.2. The first-order valence-electron chi connectivity index (χ1n) is 6.74. The highest BCUT2D eigenvalue weighted by Crippen LogP contribution is 2.17. The molecule has 0 spiro atoms. The monoisotopic (exact) mass is 352 g/mol. The Labute approximate surface area is 137 Å². The van der Waals surface area contributed by atoms with Crippen LogP contribution in [0, 0.1) is 0 Å². The van der Waals surface area contributed by atoms with E-state index in [1.54, 1.807) is 12.4 Å². The number of nitrogens with zero attached hydrogens (tertiary/aromatic N) is 3. The van der Waals surface area contributed by atoms with E-state index in [9.17, 15) is 0 Å². The van der Waals surface area contributed by atoms with Crippen molar-refractivity contribution < 1.29 is 0 Å². The van der Waals surface area contributed by atoms with E-state index in [1.165, 1.54) is 0 Å². The predicted molar refractivity (Wildman–Crippen MR) is 93.2 cm³/mol. The van der Waals surface area contributed by atoms with Gasteiger partial charge < -0.3 is 5.32 Å². The van der Waals surface area contributed by atoms with Crippen molar-refractivity contribution in [1.82, 2.24) is 9.97 Å². The number of nitrogens with one attached hydrogen (secondary N) is 1. The van der Waals surface area contributed by atoms with Crippen LogP contribution in [-0.2, 0) is 0 Å². The summed E-state index contributed by atoms with van der Waals surface area (Å²) in [4.78, 5) is 13.1. The third-order valence-corrected chi connectivity index (χ3v) is 3.39. The van der Waals surface area contributed by atoms with Crippen LogP contribution < -0.4 is 5.32 Å². The van der Waals surface area contributed by atoms with Crippen LogP contribution in [0.2, 0.25) is 0 Å². The molecule has 0 atom stereocenters. The maximum absolute atomic E-state index is 4.49. The van der Waals surface area contributed by atoms with Crippen LogP contribution in [-0.4, -0.2) is 16.2 Å². The Morgan fingerprint density at radius 3 is 2.50 bits per heavy atom. The van der Waals surface area contributed by atoms with Crippen molar-refractivity contribution in [2.45, 2.75) is 0 Å². The van der Waals surface area contributed by atoms with Gasteiger partial charge in [0.2, 0.25) is 0 Å². The number of aliphatic imine (C=N–C) groups is 1. The molecule has 2 aromatic heterocycles. The molecular weight excluding hydrogens is 340 g/mol. The Morgan fingerprint density at radius 2 is 1.73 bits per heavy atom. The molecule has 0 amide bonds. The van der Waals surface area contributed by atoms with Crippen LogP contribution in [0.4, 0.5) is 17.3 Å². The molecule has 0 radical (unpaired) electrons. The van der Waals surface area contributed by atoms with Gasteiger partial charge in [-0.2, -0.15) is 0 Å². The maximum atomic E-state index is 4.49. The van der Waals surface area contributed by atoms with Gasteiger partial charge >= 0.3 is 0 Å². The number of benzene rings is 1. The first-order valence-corrected chi connectivity index (χ1v) is 7.54. The smallest absolute Gasteiger partial charge is 0.132 e. The highest BCUT2D eigenvalue weighted by Gasteiger charge is 1.97. The molecule has 1 N–H and O–H groups in total. The molecule has 3 aromatic rings. The van der Waals surface area contributed by atoms with Gasteiger partial charge in [0.05, 0.1) is 17.6 Å². The van der Waals surface area contributed by atoms with E-state index < -0.39 is 0 Å². The van der Waals surface area contributed by atoms with Crippen LogP contribution in [0.25, 0.3) is 0 Å². The Bertz CT molecular complexity index is 770. The van der Waals surface area contributed by atoms with Crippen LogP contribution in [0.15, 0.2) is 76.3 Å². The minimum Gasteiger partial charge on any atom is -0.325 e. The standard InChI is InChI=1S/C17H13BrN4/c18-13-7-9-14(10-8-13)20-12-15-4-3-6-17(21-15)22-16-5-1-2-11-19-16/h1-12H,(H,19,21,22)/b20-12+. The normalized spacial score (nSPS) is 10.8. The minimum atomic E-state index is 0.735. The van der Waals surface area contributed by atoms with Gasteiger partial charge in [0.15, 0.2) is 0 Å². The van der Waals surface area contributed by atoms with Crippen molar-refractivity contribution in [3.63, 3.8) is 0 Å². The van der Waals surface area contributed by atoms with Gasteiger partial charge in [0, 0.05) is 10.7 Å². The van der Waals surface area contributed by atoms with Crippen LogP contribution in [0.1, 0.15) is 5.69 Å². The summed E-state index contributed by atoms with van der Waals surface area (Å²) in [7, 11) is 0. The first kappa shape index (κ1) is 14.4. The molecule has 3 rings (SSSR count). The molecular formula is C17H13BrN4. The van der Waals surface area contributed by atoms with Crippen LogP contribution >= 0.6 is 15.9 Å². The molecule has 0 saturated heterocycles. The zero-order chi connectivity index (χ0) is 15.2. The Balaban J connectivity index is 1.75. The molecule has 108 valence electrons. The van der Waals surface area contributed by atoms with Crippen molar-refractivity contribution >= 4 is 39.5 Å². The van der Waals surface area contributed by atoms with E-state index in [4.69, 9.17) is 0 Å². The van der Waals surface area contributed by atoms with E-state index in [0.717, 1.165) is 27.5 Å². The number of hydrogen-bond donors (Lipinski definition) is 1. The summed E-state index contributed by atoms with van der Waals surface area (Å²) in [5.41, 5.74) is 1.66. The predicted octanol–water partition coefficient (Wildman–Crippen LogP) is 4.73. The van der Waals surface area contributed by atoms with E-state index in [-0.39, 0.29) is 0 Å². The first-order chi connectivity index (χ1) is 10.8. The lowest BCUT2D eigenvalue weighted by Gasteiger charge is -2.04. The number of rotatable bonds is 4. The minimum absolute atomic E-state index is 0.735.